The summed E-state index contributed by atoms with van der Waals surface area (Å²) >= 11 is 0. The van der Waals surface area contributed by atoms with Gasteiger partial charge in [-0.3, -0.25) is 24.1 Å². The predicted octanol–water partition coefficient (Wildman–Crippen LogP) is 1.29. The van der Waals surface area contributed by atoms with Gasteiger partial charge in [0.25, 0.3) is 5.91 Å². The minimum Gasteiger partial charge on any atom is -0.343 e. The summed E-state index contributed by atoms with van der Waals surface area (Å²) in [6.45, 7) is 6.93. The van der Waals surface area contributed by atoms with Crippen LogP contribution in [0.2, 0.25) is 0 Å². The van der Waals surface area contributed by atoms with Gasteiger partial charge in [-0.2, -0.15) is 5.10 Å². The number of hydrogen-bond donors (Lipinski definition) is 1. The van der Waals surface area contributed by atoms with Gasteiger partial charge in [0, 0.05) is 37.9 Å². The number of rotatable bonds is 4. The number of likely N-dealkylation sites (tertiary alicyclic amines) is 1. The van der Waals surface area contributed by atoms with E-state index in [2.05, 4.69) is 29.2 Å². The van der Waals surface area contributed by atoms with Crippen LogP contribution < -0.4 is 10.2 Å². The molecule has 2 aliphatic rings. The Hall–Kier alpha value is -1.89. The highest BCUT2D eigenvalue weighted by Gasteiger charge is 2.37. The second-order valence-electron chi connectivity index (χ2n) is 7.44. The molecule has 4 atom stereocenters. The minimum atomic E-state index is -0.459. The molecule has 25 heavy (non-hydrogen) atoms. The van der Waals surface area contributed by atoms with E-state index in [9.17, 15) is 9.59 Å². The summed E-state index contributed by atoms with van der Waals surface area (Å²) in [5.41, 5.74) is 0. The summed E-state index contributed by atoms with van der Waals surface area (Å²) < 4.78 is 1.68. The molecule has 0 unspecified atom stereocenters. The molecule has 0 radical (unpaired) electrons. The third-order valence-corrected chi connectivity index (χ3v) is 5.58. The average molecular weight is 347 g/mol. The first-order valence-corrected chi connectivity index (χ1v) is 9.27. The Balaban J connectivity index is 1.65. The van der Waals surface area contributed by atoms with Gasteiger partial charge in [-0.25, -0.2) is 0 Å². The molecule has 138 valence electrons. The highest BCUT2D eigenvalue weighted by molar-refractivity contribution is 5.99. The fourth-order valence-corrected chi connectivity index (χ4v) is 4.19. The van der Waals surface area contributed by atoms with Crippen LogP contribution in [0.5, 0.6) is 0 Å². The standard InChI is InChI=1S/C18H29N5O2/c1-12-7-8-13(2)23(12)14(3)17(24)19-15-6-5-10-22(18(15)25)16-9-11-21(4)20-16/h9,11-15H,5-8,10H2,1-4H3,(H,19,24)/t12-,13+,14-,15-/m0/s1. The number of hydrogen-bond acceptors (Lipinski definition) is 4. The maximum absolute atomic E-state index is 12.8. The first-order chi connectivity index (χ1) is 11.9. The molecule has 1 N–H and O–H groups in total. The van der Waals surface area contributed by atoms with Gasteiger partial charge >= 0.3 is 0 Å². The van der Waals surface area contributed by atoms with E-state index in [0.717, 1.165) is 19.3 Å². The van der Waals surface area contributed by atoms with E-state index in [4.69, 9.17) is 0 Å². The largest absolute Gasteiger partial charge is 0.343 e. The lowest BCUT2D eigenvalue weighted by Crippen LogP contribution is -2.57. The molecule has 2 saturated heterocycles. The van der Waals surface area contributed by atoms with Crippen LogP contribution in [0, 0.1) is 0 Å². The number of anilines is 1. The van der Waals surface area contributed by atoms with Crippen LogP contribution >= 0.6 is 0 Å². The molecule has 1 aromatic heterocycles. The number of amides is 2. The van der Waals surface area contributed by atoms with Crippen molar-refractivity contribution in [3.05, 3.63) is 12.3 Å². The summed E-state index contributed by atoms with van der Waals surface area (Å²) in [4.78, 5) is 29.5. The molecule has 0 aromatic carbocycles. The van der Waals surface area contributed by atoms with Crippen molar-refractivity contribution in [2.75, 3.05) is 11.4 Å². The summed E-state index contributed by atoms with van der Waals surface area (Å²) in [5, 5.41) is 7.30. The minimum absolute atomic E-state index is 0.0539. The number of nitrogens with one attached hydrogen (secondary N) is 1. The van der Waals surface area contributed by atoms with Gasteiger partial charge in [0.05, 0.1) is 6.04 Å². The Labute approximate surface area is 149 Å². The highest BCUT2D eigenvalue weighted by atomic mass is 16.2. The highest BCUT2D eigenvalue weighted by Crippen LogP contribution is 2.26. The number of carbonyl (C=O) groups is 2. The Morgan fingerprint density at radius 3 is 2.56 bits per heavy atom. The van der Waals surface area contributed by atoms with Crippen LogP contribution in [-0.2, 0) is 16.6 Å². The van der Waals surface area contributed by atoms with Crippen LogP contribution in [0.3, 0.4) is 0 Å². The fraction of sp³-hybridized carbons (Fsp3) is 0.722. The van der Waals surface area contributed by atoms with Gasteiger partial charge < -0.3 is 5.32 Å². The van der Waals surface area contributed by atoms with Gasteiger partial charge in [-0.15, -0.1) is 0 Å². The van der Waals surface area contributed by atoms with E-state index >= 15 is 0 Å². The Bertz CT molecular complexity index is 633. The van der Waals surface area contributed by atoms with Crippen LogP contribution in [0.15, 0.2) is 12.3 Å². The van der Waals surface area contributed by atoms with E-state index in [1.807, 2.05) is 26.2 Å². The van der Waals surface area contributed by atoms with Crippen LogP contribution in [0.1, 0.15) is 46.5 Å². The molecule has 1 aromatic rings. The maximum atomic E-state index is 12.8. The molecule has 0 aliphatic carbocycles. The van der Waals surface area contributed by atoms with Crippen molar-refractivity contribution in [3.8, 4) is 0 Å². The van der Waals surface area contributed by atoms with E-state index in [0.29, 0.717) is 30.9 Å². The lowest BCUT2D eigenvalue weighted by atomic mass is 10.0. The molecule has 0 saturated carbocycles. The average Bonchev–Trinajstić information content (AvgIpc) is 3.14. The second kappa shape index (κ2) is 7.15. The number of aromatic nitrogens is 2. The van der Waals surface area contributed by atoms with Crippen molar-refractivity contribution in [1.82, 2.24) is 20.0 Å². The summed E-state index contributed by atoms with van der Waals surface area (Å²) in [6.07, 6.45) is 5.61. The quantitative estimate of drug-likeness (QED) is 0.891. The Morgan fingerprint density at radius 1 is 1.28 bits per heavy atom. The van der Waals surface area contributed by atoms with Crippen molar-refractivity contribution in [1.29, 1.82) is 0 Å². The molecule has 2 aliphatic heterocycles. The van der Waals surface area contributed by atoms with Gasteiger partial charge in [0.1, 0.15) is 6.04 Å². The maximum Gasteiger partial charge on any atom is 0.250 e. The summed E-state index contributed by atoms with van der Waals surface area (Å²) in [6, 6.07) is 1.97. The van der Waals surface area contributed by atoms with Crippen molar-refractivity contribution in [3.63, 3.8) is 0 Å². The van der Waals surface area contributed by atoms with Crippen LogP contribution in [0.25, 0.3) is 0 Å². The molecule has 2 fully saturated rings. The van der Waals surface area contributed by atoms with Gasteiger partial charge in [-0.05, 0) is 46.5 Å². The smallest absolute Gasteiger partial charge is 0.250 e. The molecular weight excluding hydrogens is 318 g/mol. The number of aryl methyl sites for hydroxylation is 1. The summed E-state index contributed by atoms with van der Waals surface area (Å²) in [5.74, 6) is 0.538. The lowest BCUT2D eigenvalue weighted by molar-refractivity contribution is -0.132. The molecule has 7 nitrogen and oxygen atoms in total. The zero-order valence-corrected chi connectivity index (χ0v) is 15.6. The fourth-order valence-electron chi connectivity index (χ4n) is 4.19. The number of nitrogens with zero attached hydrogens (tertiary/aromatic N) is 4. The van der Waals surface area contributed by atoms with Crippen molar-refractivity contribution < 1.29 is 9.59 Å². The topological polar surface area (TPSA) is 70.5 Å². The first kappa shape index (κ1) is 17.9. The van der Waals surface area contributed by atoms with Gasteiger partial charge in [0.2, 0.25) is 5.91 Å². The number of piperidine rings is 1. The third-order valence-electron chi connectivity index (χ3n) is 5.58. The molecule has 3 heterocycles. The molecule has 0 spiro atoms. The second-order valence-corrected chi connectivity index (χ2v) is 7.44. The molecule has 0 bridgehead atoms. The molecule has 7 heteroatoms. The van der Waals surface area contributed by atoms with E-state index in [1.54, 1.807) is 9.58 Å². The zero-order valence-electron chi connectivity index (χ0n) is 15.6. The monoisotopic (exact) mass is 347 g/mol. The Kier molecular flexibility index (Phi) is 5.13. The van der Waals surface area contributed by atoms with E-state index in [-0.39, 0.29) is 17.9 Å². The van der Waals surface area contributed by atoms with Crippen molar-refractivity contribution in [2.24, 2.45) is 7.05 Å². The molecule has 2 amide bonds. The van der Waals surface area contributed by atoms with Gasteiger partial charge in [0.15, 0.2) is 5.82 Å². The van der Waals surface area contributed by atoms with Crippen LogP contribution in [0.4, 0.5) is 5.82 Å². The van der Waals surface area contributed by atoms with Crippen LogP contribution in [-0.4, -0.2) is 57.2 Å². The summed E-state index contributed by atoms with van der Waals surface area (Å²) in [7, 11) is 1.83. The SMILES string of the molecule is C[C@@H]1CC[C@H](C)N1[C@@H](C)C(=O)N[C@H]1CCCN(c2ccn(C)n2)C1=O. The lowest BCUT2D eigenvalue weighted by Gasteiger charge is -2.35. The first-order valence-electron chi connectivity index (χ1n) is 9.27. The van der Waals surface area contributed by atoms with Gasteiger partial charge in [-0.1, -0.05) is 0 Å². The molecule has 3 rings (SSSR count). The predicted molar refractivity (Wildman–Crippen MR) is 96.2 cm³/mol. The molecular formula is C18H29N5O2. The van der Waals surface area contributed by atoms with Crippen molar-refractivity contribution >= 4 is 17.6 Å². The Morgan fingerprint density at radius 2 is 1.96 bits per heavy atom. The van der Waals surface area contributed by atoms with Crippen molar-refractivity contribution in [2.45, 2.75) is 70.6 Å². The normalized spacial score (nSPS) is 29.0. The zero-order chi connectivity index (χ0) is 18.1. The number of carbonyl (C=O) groups excluding carboxylic acids is 2. The third kappa shape index (κ3) is 3.56. The van der Waals surface area contributed by atoms with E-state index < -0.39 is 6.04 Å². The van der Waals surface area contributed by atoms with E-state index in [1.165, 1.54) is 0 Å².